The first kappa shape index (κ1) is 31.4. The molecule has 0 aliphatic carbocycles. The first-order valence-electron chi connectivity index (χ1n) is 14.5. The first-order valence-corrected chi connectivity index (χ1v) is 16.0. The fourth-order valence-corrected chi connectivity index (χ4v) is 6.45. The summed E-state index contributed by atoms with van der Waals surface area (Å²) in [5, 5.41) is 9.94. The molecule has 3 aromatic carbocycles. The van der Waals surface area contributed by atoms with Crippen LogP contribution in [0.2, 0.25) is 0 Å². The van der Waals surface area contributed by atoms with E-state index in [1.54, 1.807) is 35.2 Å². The van der Waals surface area contributed by atoms with Gasteiger partial charge in [0.15, 0.2) is 11.5 Å². The zero-order valence-electron chi connectivity index (χ0n) is 25.4. The highest BCUT2D eigenvalue weighted by molar-refractivity contribution is 7.92. The number of nitrogens with zero attached hydrogens (tertiary/aromatic N) is 2. The monoisotopic (exact) mass is 625 g/mol. The van der Waals surface area contributed by atoms with Crippen LogP contribution in [0.1, 0.15) is 25.0 Å². The number of aliphatic hydroxyl groups is 1. The van der Waals surface area contributed by atoms with Gasteiger partial charge in [0.05, 0.1) is 31.1 Å². The number of ether oxygens (including phenoxy) is 4. The van der Waals surface area contributed by atoms with Gasteiger partial charge in [0.2, 0.25) is 12.7 Å². The molecule has 0 bridgehead atoms. The Morgan fingerprint density at radius 3 is 2.52 bits per heavy atom. The summed E-state index contributed by atoms with van der Waals surface area (Å²) in [6, 6.07) is 16.5. The molecule has 5 rings (SSSR count). The Morgan fingerprint density at radius 2 is 1.80 bits per heavy atom. The molecule has 2 aliphatic heterocycles. The molecule has 11 nitrogen and oxygen atoms in total. The van der Waals surface area contributed by atoms with E-state index >= 15 is 0 Å². The lowest BCUT2D eigenvalue weighted by atomic mass is 10.0. The van der Waals surface area contributed by atoms with Crippen LogP contribution in [0, 0.1) is 5.92 Å². The average Bonchev–Trinajstić information content (AvgIpc) is 3.48. The Labute approximate surface area is 258 Å². The minimum absolute atomic E-state index is 0.00967. The predicted octanol–water partition coefficient (Wildman–Crippen LogP) is 3.51. The molecule has 12 heteroatoms. The Morgan fingerprint density at radius 1 is 1.07 bits per heavy atom. The van der Waals surface area contributed by atoms with Gasteiger partial charge >= 0.3 is 0 Å². The number of hydrogen-bond donors (Lipinski definition) is 2. The van der Waals surface area contributed by atoms with Crippen molar-refractivity contribution >= 4 is 21.6 Å². The third-order valence-corrected chi connectivity index (χ3v) is 9.32. The smallest absolute Gasteiger partial charge is 0.261 e. The van der Waals surface area contributed by atoms with Gasteiger partial charge in [0, 0.05) is 36.8 Å². The number of fused-ring (bicyclic) bond motifs is 2. The van der Waals surface area contributed by atoms with Crippen molar-refractivity contribution in [3.05, 3.63) is 71.8 Å². The Kier molecular flexibility index (Phi) is 9.52. The van der Waals surface area contributed by atoms with Crippen LogP contribution >= 0.6 is 0 Å². The van der Waals surface area contributed by atoms with Crippen molar-refractivity contribution in [2.45, 2.75) is 43.9 Å². The maximum absolute atomic E-state index is 13.5. The molecule has 236 valence electrons. The summed E-state index contributed by atoms with van der Waals surface area (Å²) < 4.78 is 51.5. The molecule has 2 N–H and O–H groups in total. The van der Waals surface area contributed by atoms with Crippen LogP contribution in [-0.2, 0) is 27.8 Å². The van der Waals surface area contributed by atoms with E-state index in [0.717, 1.165) is 17.1 Å². The molecule has 3 aromatic rings. The zero-order valence-corrected chi connectivity index (χ0v) is 26.2. The van der Waals surface area contributed by atoms with Gasteiger partial charge in [0.25, 0.3) is 10.0 Å². The molecule has 44 heavy (non-hydrogen) atoms. The van der Waals surface area contributed by atoms with Gasteiger partial charge in [-0.2, -0.15) is 0 Å². The molecule has 2 aliphatic rings. The fraction of sp³-hybridized carbons (Fsp3) is 0.406. The van der Waals surface area contributed by atoms with Crippen molar-refractivity contribution in [2.24, 2.45) is 5.92 Å². The lowest BCUT2D eigenvalue weighted by Crippen LogP contribution is -2.47. The number of likely N-dealkylation sites (N-methyl/N-ethyl adjacent to an activating group) is 1. The zero-order chi connectivity index (χ0) is 31.4. The largest absolute Gasteiger partial charge is 0.497 e. The topological polar surface area (TPSA) is 127 Å². The second-order valence-electron chi connectivity index (χ2n) is 11.4. The minimum atomic E-state index is -3.90. The van der Waals surface area contributed by atoms with Crippen molar-refractivity contribution in [3.8, 4) is 23.0 Å². The van der Waals surface area contributed by atoms with E-state index in [1.165, 1.54) is 19.2 Å². The molecule has 0 radical (unpaired) electrons. The summed E-state index contributed by atoms with van der Waals surface area (Å²) in [6.45, 7) is 5.47. The summed E-state index contributed by atoms with van der Waals surface area (Å²) in [7, 11) is -0.383. The molecular formula is C32H39N3O8S. The van der Waals surface area contributed by atoms with Gasteiger partial charge < -0.3 is 29.0 Å². The number of aliphatic hydroxyl groups excluding tert-OH is 1. The molecule has 2 heterocycles. The minimum Gasteiger partial charge on any atom is -0.497 e. The number of benzene rings is 3. The van der Waals surface area contributed by atoms with E-state index in [9.17, 15) is 18.3 Å². The van der Waals surface area contributed by atoms with E-state index in [1.807, 2.05) is 39.1 Å². The van der Waals surface area contributed by atoms with Crippen molar-refractivity contribution in [1.29, 1.82) is 0 Å². The molecule has 0 fully saturated rings. The summed E-state index contributed by atoms with van der Waals surface area (Å²) in [5.74, 6) is 2.26. The lowest BCUT2D eigenvalue weighted by Gasteiger charge is -2.34. The van der Waals surface area contributed by atoms with Gasteiger partial charge in [-0.25, -0.2) is 8.42 Å². The summed E-state index contributed by atoms with van der Waals surface area (Å²) >= 11 is 0. The van der Waals surface area contributed by atoms with E-state index in [2.05, 4.69) is 9.62 Å². The van der Waals surface area contributed by atoms with Crippen LogP contribution < -0.4 is 23.7 Å². The van der Waals surface area contributed by atoms with E-state index in [0.29, 0.717) is 42.4 Å². The Hall–Kier alpha value is -4.00. The van der Waals surface area contributed by atoms with E-state index in [-0.39, 0.29) is 42.6 Å². The highest BCUT2D eigenvalue weighted by Gasteiger charge is 2.31. The number of nitrogens with one attached hydrogen (secondary N) is 1. The van der Waals surface area contributed by atoms with E-state index < -0.39 is 16.1 Å². The number of anilines is 1. The third-order valence-electron chi connectivity index (χ3n) is 7.92. The number of rotatable bonds is 10. The molecule has 3 atom stereocenters. The molecule has 1 amide bonds. The highest BCUT2D eigenvalue weighted by atomic mass is 32.2. The SMILES string of the molecule is COc1ccc(S(=O)(=O)Nc2ccc3c(c2)CC(=O)N([C@@H](C)CO)C[C@H](C)[C@H](CN(C)Cc2ccc4c(c2)OCO4)O3)cc1. The number of hydrogen-bond acceptors (Lipinski definition) is 9. The van der Waals surface area contributed by atoms with Crippen LogP contribution in [0.5, 0.6) is 23.0 Å². The summed E-state index contributed by atoms with van der Waals surface area (Å²) in [6.07, 6.45) is -0.321. The van der Waals surface area contributed by atoms with Gasteiger partial charge in [0.1, 0.15) is 17.6 Å². The molecule has 0 saturated heterocycles. The number of methoxy groups -OCH3 is 1. The average molecular weight is 626 g/mol. The Balaban J connectivity index is 1.39. The van der Waals surface area contributed by atoms with Gasteiger partial charge in [-0.15, -0.1) is 0 Å². The maximum Gasteiger partial charge on any atom is 0.261 e. The lowest BCUT2D eigenvalue weighted by molar-refractivity contribution is -0.134. The summed E-state index contributed by atoms with van der Waals surface area (Å²) in [5.41, 5.74) is 1.92. The molecule has 0 saturated carbocycles. The van der Waals surface area contributed by atoms with Gasteiger partial charge in [-0.3, -0.25) is 14.4 Å². The van der Waals surface area contributed by atoms with Crippen molar-refractivity contribution in [2.75, 3.05) is 45.4 Å². The van der Waals surface area contributed by atoms with Crippen LogP contribution in [0.4, 0.5) is 5.69 Å². The third kappa shape index (κ3) is 7.20. The van der Waals surface area contributed by atoms with Crippen molar-refractivity contribution in [1.82, 2.24) is 9.80 Å². The fourth-order valence-electron chi connectivity index (χ4n) is 5.40. The van der Waals surface area contributed by atoms with Gasteiger partial charge in [-0.1, -0.05) is 13.0 Å². The number of sulfonamides is 1. The van der Waals surface area contributed by atoms with Crippen molar-refractivity contribution in [3.63, 3.8) is 0 Å². The van der Waals surface area contributed by atoms with Crippen LogP contribution in [0.3, 0.4) is 0 Å². The van der Waals surface area contributed by atoms with Gasteiger partial charge in [-0.05, 0) is 74.1 Å². The van der Waals surface area contributed by atoms with Crippen molar-refractivity contribution < 1.29 is 37.3 Å². The normalized spacial score (nSPS) is 19.0. The quantitative estimate of drug-likeness (QED) is 0.348. The first-order chi connectivity index (χ1) is 21.1. The second kappa shape index (κ2) is 13.3. The standard InChI is InChI=1S/C32H39N3O8S/c1-21-16-35(22(2)19-36)32(37)15-24-14-25(33-44(38,39)27-9-7-26(40-4)8-10-27)6-12-28(24)43-31(21)18-34(3)17-23-5-11-29-30(13-23)42-20-41-29/h5-14,21-22,31,33,36H,15-20H2,1-4H3/t21-,22-,31-/m0/s1. The molecule has 0 aromatic heterocycles. The van der Waals surface area contributed by atoms with Crippen LogP contribution in [-0.4, -0.2) is 82.0 Å². The number of amides is 1. The second-order valence-corrected chi connectivity index (χ2v) is 13.1. The number of carbonyl (C=O) groups excluding carboxylic acids is 1. The number of carbonyl (C=O) groups is 1. The molecule has 0 spiro atoms. The van der Waals surface area contributed by atoms with E-state index in [4.69, 9.17) is 18.9 Å². The Bertz CT molecular complexity index is 1580. The van der Waals surface area contributed by atoms with Crippen LogP contribution in [0.15, 0.2) is 65.6 Å². The summed E-state index contributed by atoms with van der Waals surface area (Å²) in [4.78, 5) is 17.5. The highest BCUT2D eigenvalue weighted by Crippen LogP contribution is 2.33. The molecule has 0 unspecified atom stereocenters. The predicted molar refractivity (Wildman–Crippen MR) is 165 cm³/mol. The maximum atomic E-state index is 13.5. The van der Waals surface area contributed by atoms with Crippen LogP contribution in [0.25, 0.3) is 0 Å². The molecular weight excluding hydrogens is 586 g/mol.